The Labute approximate surface area is 166 Å². The molecular weight excluding hydrogens is 387 g/mol. The zero-order valence-electron chi connectivity index (χ0n) is 14.7. The summed E-state index contributed by atoms with van der Waals surface area (Å²) in [6, 6.07) is 13.8. The summed E-state index contributed by atoms with van der Waals surface area (Å²) in [5.74, 6) is 2.02. The Balaban J connectivity index is 1.79. The molecule has 0 aliphatic carbocycles. The number of benzene rings is 2. The minimum absolute atomic E-state index is 0.206. The summed E-state index contributed by atoms with van der Waals surface area (Å²) in [5, 5.41) is 0.926. The van der Waals surface area contributed by atoms with E-state index in [9.17, 15) is 4.79 Å². The van der Waals surface area contributed by atoms with Crippen LogP contribution in [0.4, 0.5) is 0 Å². The van der Waals surface area contributed by atoms with Crippen LogP contribution < -0.4 is 9.47 Å². The maximum atomic E-state index is 12.5. The molecule has 138 valence electrons. The monoisotopic (exact) mass is 402 g/mol. The van der Waals surface area contributed by atoms with E-state index in [0.29, 0.717) is 38.6 Å². The van der Waals surface area contributed by atoms with Crippen LogP contribution in [-0.4, -0.2) is 20.0 Å². The van der Waals surface area contributed by atoms with Crippen molar-refractivity contribution in [3.05, 3.63) is 76.0 Å². The Bertz CT molecular complexity index is 1010. The zero-order valence-corrected chi connectivity index (χ0v) is 16.2. The molecule has 3 rings (SSSR count). The van der Waals surface area contributed by atoms with E-state index in [1.165, 1.54) is 13.2 Å². The lowest BCUT2D eigenvalue weighted by atomic mass is 10.1. The van der Waals surface area contributed by atoms with Gasteiger partial charge in [0, 0.05) is 11.6 Å². The summed E-state index contributed by atoms with van der Waals surface area (Å²) in [7, 11) is 3.06. The van der Waals surface area contributed by atoms with Crippen molar-refractivity contribution in [3.8, 4) is 22.8 Å². The van der Waals surface area contributed by atoms with Gasteiger partial charge in [0.25, 0.3) is 0 Å². The molecule has 27 heavy (non-hydrogen) atoms. The third-order valence-electron chi connectivity index (χ3n) is 3.90. The smallest absolute Gasteiger partial charge is 0.189 e. The second-order valence-electron chi connectivity index (χ2n) is 5.59. The Morgan fingerprint density at radius 3 is 2.48 bits per heavy atom. The van der Waals surface area contributed by atoms with Gasteiger partial charge < -0.3 is 13.9 Å². The molecule has 0 saturated heterocycles. The van der Waals surface area contributed by atoms with Gasteiger partial charge in [-0.05, 0) is 54.6 Å². The van der Waals surface area contributed by atoms with Crippen molar-refractivity contribution in [2.75, 3.05) is 14.2 Å². The molecule has 0 bridgehead atoms. The topological polar surface area (TPSA) is 48.7 Å². The molecule has 0 N–H and O–H groups in total. The molecule has 0 saturated carbocycles. The number of ether oxygens (including phenoxy) is 2. The van der Waals surface area contributed by atoms with E-state index in [0.717, 1.165) is 5.56 Å². The SMILES string of the molecule is COc1ccc(C(=O)/C=C/c2ccc(-c3ccc(Cl)c(Cl)c3)o2)c(OC)c1. The van der Waals surface area contributed by atoms with Crippen LogP contribution >= 0.6 is 23.2 Å². The molecule has 0 fully saturated rings. The average Bonchev–Trinajstić information content (AvgIpc) is 3.16. The van der Waals surface area contributed by atoms with Gasteiger partial charge in [0.2, 0.25) is 0 Å². The summed E-state index contributed by atoms with van der Waals surface area (Å²) in [4.78, 5) is 12.5. The number of halogens is 2. The molecule has 2 aromatic carbocycles. The van der Waals surface area contributed by atoms with Crippen LogP contribution in [0.2, 0.25) is 10.0 Å². The standard InChI is InChI=1S/C21H16Cl2O4/c1-25-15-4-7-16(21(12-15)26-2)19(24)9-5-14-6-10-20(27-14)13-3-8-17(22)18(23)11-13/h3-12H,1-2H3/b9-5+. The largest absolute Gasteiger partial charge is 0.497 e. The highest BCUT2D eigenvalue weighted by atomic mass is 35.5. The van der Waals surface area contributed by atoms with E-state index < -0.39 is 0 Å². The van der Waals surface area contributed by atoms with Gasteiger partial charge in [0.1, 0.15) is 23.0 Å². The highest BCUT2D eigenvalue weighted by molar-refractivity contribution is 6.42. The third-order valence-corrected chi connectivity index (χ3v) is 4.64. The predicted molar refractivity (Wildman–Crippen MR) is 107 cm³/mol. The van der Waals surface area contributed by atoms with Crippen LogP contribution in [0.25, 0.3) is 17.4 Å². The molecular formula is C21H16Cl2O4. The van der Waals surface area contributed by atoms with Crippen molar-refractivity contribution < 1.29 is 18.7 Å². The van der Waals surface area contributed by atoms with Crippen molar-refractivity contribution >= 4 is 35.1 Å². The summed E-state index contributed by atoms with van der Waals surface area (Å²) in [6.45, 7) is 0. The molecule has 0 aliphatic heterocycles. The van der Waals surface area contributed by atoms with E-state index in [1.54, 1.807) is 55.7 Å². The molecule has 4 nitrogen and oxygen atoms in total. The number of methoxy groups -OCH3 is 2. The molecule has 6 heteroatoms. The van der Waals surface area contributed by atoms with Gasteiger partial charge in [-0.15, -0.1) is 0 Å². The fourth-order valence-electron chi connectivity index (χ4n) is 2.50. The predicted octanol–water partition coefficient (Wildman–Crippen LogP) is 6.17. The van der Waals surface area contributed by atoms with Crippen molar-refractivity contribution in [3.63, 3.8) is 0 Å². The second-order valence-corrected chi connectivity index (χ2v) is 6.41. The zero-order chi connectivity index (χ0) is 19.4. The Morgan fingerprint density at radius 2 is 1.78 bits per heavy atom. The van der Waals surface area contributed by atoms with Gasteiger partial charge in [-0.3, -0.25) is 4.79 Å². The van der Waals surface area contributed by atoms with Crippen LogP contribution in [0.5, 0.6) is 11.5 Å². The average molecular weight is 403 g/mol. The second kappa shape index (κ2) is 8.33. The van der Waals surface area contributed by atoms with E-state index in [2.05, 4.69) is 0 Å². The molecule has 0 unspecified atom stereocenters. The highest BCUT2D eigenvalue weighted by Gasteiger charge is 2.11. The number of carbonyl (C=O) groups is 1. The van der Waals surface area contributed by atoms with Gasteiger partial charge in [0.15, 0.2) is 5.78 Å². The van der Waals surface area contributed by atoms with Crippen molar-refractivity contribution in [1.82, 2.24) is 0 Å². The molecule has 3 aromatic rings. The quantitative estimate of drug-likeness (QED) is 0.365. The Kier molecular flexibility index (Phi) is 5.89. The molecule has 1 aromatic heterocycles. The van der Waals surface area contributed by atoms with Gasteiger partial charge in [0.05, 0.1) is 29.8 Å². The maximum Gasteiger partial charge on any atom is 0.189 e. The first kappa shape index (κ1) is 19.1. The van der Waals surface area contributed by atoms with Crippen LogP contribution in [0.1, 0.15) is 16.1 Å². The summed E-state index contributed by atoms with van der Waals surface area (Å²) in [5.41, 5.74) is 1.23. The van der Waals surface area contributed by atoms with Gasteiger partial charge in [-0.25, -0.2) is 0 Å². The number of rotatable bonds is 6. The normalized spacial score (nSPS) is 11.0. The lowest BCUT2D eigenvalue weighted by Gasteiger charge is -2.07. The van der Waals surface area contributed by atoms with E-state index in [1.807, 2.05) is 6.07 Å². The Morgan fingerprint density at radius 1 is 0.963 bits per heavy atom. The van der Waals surface area contributed by atoms with Crippen LogP contribution in [0, 0.1) is 0 Å². The highest BCUT2D eigenvalue weighted by Crippen LogP contribution is 2.30. The van der Waals surface area contributed by atoms with Crippen molar-refractivity contribution in [2.45, 2.75) is 0 Å². The number of ketones is 1. The van der Waals surface area contributed by atoms with Crippen molar-refractivity contribution in [2.24, 2.45) is 0 Å². The Hall–Kier alpha value is -2.69. The molecule has 0 radical (unpaired) electrons. The van der Waals surface area contributed by atoms with Crippen LogP contribution in [0.3, 0.4) is 0 Å². The van der Waals surface area contributed by atoms with Gasteiger partial charge in [-0.2, -0.15) is 0 Å². The summed E-state index contributed by atoms with van der Waals surface area (Å²) < 4.78 is 16.2. The lowest BCUT2D eigenvalue weighted by Crippen LogP contribution is -1.99. The summed E-state index contributed by atoms with van der Waals surface area (Å²) >= 11 is 12.0. The molecule has 0 amide bonds. The number of allylic oxidation sites excluding steroid dienone is 1. The first-order valence-electron chi connectivity index (χ1n) is 8.01. The first-order chi connectivity index (χ1) is 13.0. The van der Waals surface area contributed by atoms with Gasteiger partial charge >= 0.3 is 0 Å². The number of furan rings is 1. The first-order valence-corrected chi connectivity index (χ1v) is 8.77. The molecule has 0 spiro atoms. The summed E-state index contributed by atoms with van der Waals surface area (Å²) in [6.07, 6.45) is 3.04. The molecule has 1 heterocycles. The van der Waals surface area contributed by atoms with Crippen LogP contribution in [0.15, 0.2) is 59.0 Å². The minimum atomic E-state index is -0.206. The van der Waals surface area contributed by atoms with Gasteiger partial charge in [-0.1, -0.05) is 23.2 Å². The van der Waals surface area contributed by atoms with Crippen molar-refractivity contribution in [1.29, 1.82) is 0 Å². The minimum Gasteiger partial charge on any atom is -0.497 e. The van der Waals surface area contributed by atoms with E-state index in [4.69, 9.17) is 37.1 Å². The van der Waals surface area contributed by atoms with E-state index >= 15 is 0 Å². The fraction of sp³-hybridized carbons (Fsp3) is 0.0952. The lowest BCUT2D eigenvalue weighted by molar-refractivity contribution is 0.104. The number of hydrogen-bond donors (Lipinski definition) is 0. The number of carbonyl (C=O) groups excluding carboxylic acids is 1. The molecule has 0 aliphatic rings. The molecule has 0 atom stereocenters. The third kappa shape index (κ3) is 4.35. The fourth-order valence-corrected chi connectivity index (χ4v) is 2.79. The number of hydrogen-bond acceptors (Lipinski definition) is 4. The maximum absolute atomic E-state index is 12.5. The van der Waals surface area contributed by atoms with Crippen LogP contribution in [-0.2, 0) is 0 Å². The van der Waals surface area contributed by atoms with E-state index in [-0.39, 0.29) is 5.78 Å².